The Hall–Kier alpha value is -2.00. The summed E-state index contributed by atoms with van der Waals surface area (Å²) in [5, 5.41) is 6.74. The molecule has 2 aromatic rings. The van der Waals surface area contributed by atoms with Crippen LogP contribution in [0, 0.1) is 5.92 Å². The molecular formula is C27H36Cl2N4O3S. The van der Waals surface area contributed by atoms with Gasteiger partial charge >= 0.3 is 12.1 Å². The summed E-state index contributed by atoms with van der Waals surface area (Å²) < 4.78 is 6.29. The van der Waals surface area contributed by atoms with Crippen molar-refractivity contribution in [3.63, 3.8) is 0 Å². The lowest BCUT2D eigenvalue weighted by atomic mass is 9.89. The van der Waals surface area contributed by atoms with Crippen molar-refractivity contribution in [2.24, 2.45) is 5.92 Å². The molecule has 2 saturated heterocycles. The quantitative estimate of drug-likeness (QED) is 0.423. The first-order chi connectivity index (χ1) is 17.6. The number of halogens is 2. The molecule has 10 heteroatoms. The van der Waals surface area contributed by atoms with E-state index in [4.69, 9.17) is 27.9 Å². The van der Waals surface area contributed by atoms with E-state index in [-0.39, 0.29) is 24.1 Å². The van der Waals surface area contributed by atoms with Gasteiger partial charge in [-0.3, -0.25) is 0 Å². The number of amides is 3. The fourth-order valence-electron chi connectivity index (χ4n) is 5.03. The van der Waals surface area contributed by atoms with Crippen molar-refractivity contribution in [1.29, 1.82) is 0 Å². The van der Waals surface area contributed by atoms with Gasteiger partial charge in [-0.2, -0.15) is 0 Å². The zero-order valence-corrected chi connectivity index (χ0v) is 24.0. The number of hydrogen-bond donors (Lipinski definition) is 2. The maximum absolute atomic E-state index is 12.8. The smallest absolute Gasteiger partial charge is 0.410 e. The van der Waals surface area contributed by atoms with Crippen LogP contribution in [-0.4, -0.2) is 66.3 Å². The zero-order chi connectivity index (χ0) is 26.6. The molecule has 0 aliphatic carbocycles. The van der Waals surface area contributed by atoms with Crippen LogP contribution in [0.5, 0.6) is 0 Å². The Morgan fingerprint density at radius 2 is 1.73 bits per heavy atom. The average Bonchev–Trinajstić information content (AvgIpc) is 3.27. The van der Waals surface area contributed by atoms with Crippen LogP contribution in [0.2, 0.25) is 9.36 Å². The molecule has 1 aromatic carbocycles. The second-order valence-corrected chi connectivity index (χ2v) is 13.1. The van der Waals surface area contributed by atoms with E-state index in [1.54, 1.807) is 35.6 Å². The average molecular weight is 568 g/mol. The standard InChI is InChI=1S/C27H36Cl2N4O3S/c1-27(2,3)36-26(35)33-14-10-18(11-15-33)16-32-13-12-22(21(17-32)23-8-9-24(29)37-23)31-25(34)30-20-6-4-19(28)5-7-20/h4-9,18,21-22H,10-17H2,1-3H3,(H2,30,31,34)/t21-,22-/m1/s1. The minimum atomic E-state index is -0.474. The minimum Gasteiger partial charge on any atom is -0.444 e. The predicted octanol–water partition coefficient (Wildman–Crippen LogP) is 6.68. The van der Waals surface area contributed by atoms with Gasteiger partial charge in [0.25, 0.3) is 0 Å². The minimum absolute atomic E-state index is 0.00674. The van der Waals surface area contributed by atoms with E-state index in [1.807, 2.05) is 31.7 Å². The molecule has 2 atom stereocenters. The molecule has 37 heavy (non-hydrogen) atoms. The maximum atomic E-state index is 12.8. The summed E-state index contributed by atoms with van der Waals surface area (Å²) in [6, 6.07) is 10.9. The second-order valence-electron chi connectivity index (χ2n) is 10.9. The van der Waals surface area contributed by atoms with Crippen LogP contribution in [0.25, 0.3) is 0 Å². The van der Waals surface area contributed by atoms with Crippen molar-refractivity contribution in [2.45, 2.75) is 57.6 Å². The summed E-state index contributed by atoms with van der Waals surface area (Å²) in [6.07, 6.45) is 2.57. The lowest BCUT2D eigenvalue weighted by molar-refractivity contribution is 0.0163. The molecule has 1 aromatic heterocycles. The number of carbonyl (C=O) groups is 2. The molecule has 0 bridgehead atoms. The number of piperidine rings is 2. The van der Waals surface area contributed by atoms with Crippen molar-refractivity contribution in [3.05, 3.63) is 50.6 Å². The highest BCUT2D eigenvalue weighted by molar-refractivity contribution is 7.16. The van der Waals surface area contributed by atoms with Crippen molar-refractivity contribution in [3.8, 4) is 0 Å². The summed E-state index contributed by atoms with van der Waals surface area (Å²) in [5.74, 6) is 0.688. The largest absolute Gasteiger partial charge is 0.444 e. The van der Waals surface area contributed by atoms with Crippen LogP contribution in [0.3, 0.4) is 0 Å². The van der Waals surface area contributed by atoms with Crippen LogP contribution in [-0.2, 0) is 4.74 Å². The molecule has 2 aliphatic rings. The number of likely N-dealkylation sites (tertiary alicyclic amines) is 2. The molecule has 2 aliphatic heterocycles. The highest BCUT2D eigenvalue weighted by Gasteiger charge is 2.34. The maximum Gasteiger partial charge on any atom is 0.410 e. The molecular weight excluding hydrogens is 531 g/mol. The van der Waals surface area contributed by atoms with Crippen LogP contribution < -0.4 is 10.6 Å². The number of ether oxygens (including phenoxy) is 1. The van der Waals surface area contributed by atoms with E-state index in [0.717, 1.165) is 56.3 Å². The molecule has 2 N–H and O–H groups in total. The zero-order valence-electron chi connectivity index (χ0n) is 21.6. The first-order valence-electron chi connectivity index (χ1n) is 12.8. The molecule has 202 valence electrons. The Bertz CT molecular complexity index is 1060. The number of anilines is 1. The lowest BCUT2D eigenvalue weighted by Gasteiger charge is -2.41. The first kappa shape index (κ1) is 28.0. The van der Waals surface area contributed by atoms with E-state index in [1.165, 1.54) is 4.88 Å². The molecule has 7 nitrogen and oxygen atoms in total. The summed E-state index contributed by atoms with van der Waals surface area (Å²) in [6.45, 7) is 9.90. The number of rotatable bonds is 5. The summed E-state index contributed by atoms with van der Waals surface area (Å²) in [7, 11) is 0. The molecule has 0 unspecified atom stereocenters. The Kier molecular flexibility index (Phi) is 9.27. The fraction of sp³-hybridized carbons (Fsp3) is 0.556. The second kappa shape index (κ2) is 12.2. The number of thiophene rings is 1. The Balaban J connectivity index is 1.32. The molecule has 3 amide bonds. The summed E-state index contributed by atoms with van der Waals surface area (Å²) in [4.78, 5) is 30.7. The van der Waals surface area contributed by atoms with E-state index in [9.17, 15) is 9.59 Å². The molecule has 0 radical (unpaired) electrons. The predicted molar refractivity (Wildman–Crippen MR) is 151 cm³/mol. The van der Waals surface area contributed by atoms with Gasteiger partial charge in [0.15, 0.2) is 0 Å². The Morgan fingerprint density at radius 3 is 2.35 bits per heavy atom. The van der Waals surface area contributed by atoms with Gasteiger partial charge < -0.3 is 25.2 Å². The molecule has 0 spiro atoms. The van der Waals surface area contributed by atoms with Crippen LogP contribution in [0.4, 0.5) is 15.3 Å². The Morgan fingerprint density at radius 1 is 1.03 bits per heavy atom. The summed E-state index contributed by atoms with van der Waals surface area (Å²) >= 11 is 13.8. The number of urea groups is 1. The third kappa shape index (κ3) is 8.24. The van der Waals surface area contributed by atoms with Gasteiger partial charge in [0, 0.05) is 60.3 Å². The number of benzene rings is 1. The van der Waals surface area contributed by atoms with Crippen molar-refractivity contribution in [1.82, 2.24) is 15.1 Å². The highest BCUT2D eigenvalue weighted by Crippen LogP contribution is 2.35. The van der Waals surface area contributed by atoms with Crippen molar-refractivity contribution < 1.29 is 14.3 Å². The third-order valence-corrected chi connectivity index (χ3v) is 8.47. The van der Waals surface area contributed by atoms with E-state index in [2.05, 4.69) is 21.6 Å². The van der Waals surface area contributed by atoms with Gasteiger partial charge in [-0.15, -0.1) is 11.3 Å². The van der Waals surface area contributed by atoms with Crippen LogP contribution >= 0.6 is 34.5 Å². The topological polar surface area (TPSA) is 73.9 Å². The van der Waals surface area contributed by atoms with Crippen LogP contribution in [0.1, 0.15) is 50.8 Å². The number of nitrogens with one attached hydrogen (secondary N) is 2. The van der Waals surface area contributed by atoms with E-state index in [0.29, 0.717) is 16.6 Å². The van der Waals surface area contributed by atoms with Gasteiger partial charge in [-0.05, 0) is 82.3 Å². The molecule has 3 heterocycles. The van der Waals surface area contributed by atoms with E-state index >= 15 is 0 Å². The number of nitrogens with zero attached hydrogens (tertiary/aromatic N) is 2. The third-order valence-electron chi connectivity index (χ3n) is 6.86. The molecule has 4 rings (SSSR count). The number of hydrogen-bond acceptors (Lipinski definition) is 5. The van der Waals surface area contributed by atoms with Crippen molar-refractivity contribution >= 4 is 52.4 Å². The van der Waals surface area contributed by atoms with Gasteiger partial charge in [-0.25, -0.2) is 9.59 Å². The molecule has 2 fully saturated rings. The van der Waals surface area contributed by atoms with Gasteiger partial charge in [0.2, 0.25) is 0 Å². The Labute approximate surface area is 233 Å². The van der Waals surface area contributed by atoms with Gasteiger partial charge in [0.1, 0.15) is 5.60 Å². The first-order valence-corrected chi connectivity index (χ1v) is 14.4. The lowest BCUT2D eigenvalue weighted by Crippen LogP contribution is -2.52. The SMILES string of the molecule is CC(C)(C)OC(=O)N1CCC(CN2CC[C@@H](NC(=O)Nc3ccc(Cl)cc3)[C@H](c3ccc(Cl)s3)C2)CC1. The van der Waals surface area contributed by atoms with Crippen molar-refractivity contribution in [2.75, 3.05) is 38.0 Å². The van der Waals surface area contributed by atoms with Crippen LogP contribution in [0.15, 0.2) is 36.4 Å². The summed E-state index contributed by atoms with van der Waals surface area (Å²) in [5.41, 5.74) is 0.227. The number of carbonyl (C=O) groups excluding carboxylic acids is 2. The van der Waals surface area contributed by atoms with E-state index < -0.39 is 5.60 Å². The normalized spacial score (nSPS) is 21.5. The monoisotopic (exact) mass is 566 g/mol. The van der Waals surface area contributed by atoms with Gasteiger partial charge in [0.05, 0.1) is 4.34 Å². The fourth-order valence-corrected chi connectivity index (χ4v) is 6.38. The molecule has 0 saturated carbocycles. The highest BCUT2D eigenvalue weighted by atomic mass is 35.5. The van der Waals surface area contributed by atoms with Gasteiger partial charge in [-0.1, -0.05) is 23.2 Å².